The molecule has 234 valence electrons. The van der Waals surface area contributed by atoms with Crippen molar-refractivity contribution in [1.29, 1.82) is 0 Å². The van der Waals surface area contributed by atoms with Gasteiger partial charge in [0.2, 0.25) is 0 Å². The van der Waals surface area contributed by atoms with Crippen LogP contribution >= 0.6 is 0 Å². The number of allylic oxidation sites excluding steroid dienone is 4. The van der Waals surface area contributed by atoms with E-state index in [1.165, 1.54) is 5.57 Å². The van der Waals surface area contributed by atoms with E-state index in [0.29, 0.717) is 36.2 Å². The standard InChI is InChI=1S/C35H52O7/c1-19-11-10-12-27-18-39-32-31(38-9)21(3)15-30(35(27,32)37)33(36)40-29-16-28(14-13-20(2)22(19)4)42-34(17-29)25(7)23(5)24(6)26(8)41-34/h10-13,15,19,22-26,28-32,37H,14,16-18H2,1-9H3/b11-10+,20-13+,27-12+/t19-,22?,23+,24-,25?,26+,28+,29-,30-,31+,32+,34+,35+/m0/s1. The molecule has 1 aliphatic carbocycles. The molecule has 3 fully saturated rings. The van der Waals surface area contributed by atoms with E-state index in [-0.39, 0.29) is 30.7 Å². The SMILES string of the molecule is CO[C@@H]1C(C)=C[C@H]2C(=O)O[C@H]3C[C@@H](C/C=C(\C)C(C)[C@@H](C)/C=C/C=C4\CO[C@H]1[C@@]42O)O[C@@]1(C3)O[C@H](C)[C@@H](C)[C@@H](C)C1C. The molecular formula is C35H52O7. The second-order valence-corrected chi connectivity index (χ2v) is 13.9. The Bertz CT molecular complexity index is 1150. The average Bonchev–Trinajstić information content (AvgIpc) is 3.28. The smallest absolute Gasteiger partial charge is 0.316 e. The van der Waals surface area contributed by atoms with Gasteiger partial charge in [0.25, 0.3) is 0 Å². The third-order valence-corrected chi connectivity index (χ3v) is 11.5. The third-order valence-electron chi connectivity index (χ3n) is 11.5. The van der Waals surface area contributed by atoms with E-state index in [9.17, 15) is 9.90 Å². The van der Waals surface area contributed by atoms with E-state index < -0.39 is 41.6 Å². The van der Waals surface area contributed by atoms with Crippen molar-refractivity contribution in [2.45, 2.75) is 117 Å². The van der Waals surface area contributed by atoms with Gasteiger partial charge in [-0.1, -0.05) is 70.6 Å². The molecule has 7 nitrogen and oxygen atoms in total. The van der Waals surface area contributed by atoms with Gasteiger partial charge in [-0.2, -0.15) is 0 Å². The highest BCUT2D eigenvalue weighted by Crippen LogP contribution is 2.50. The van der Waals surface area contributed by atoms with Crippen molar-refractivity contribution in [3.05, 3.63) is 47.1 Å². The van der Waals surface area contributed by atoms with Crippen LogP contribution < -0.4 is 0 Å². The first-order valence-corrected chi connectivity index (χ1v) is 16.0. The second kappa shape index (κ2) is 12.0. The van der Waals surface area contributed by atoms with Crippen molar-refractivity contribution >= 4 is 5.97 Å². The summed E-state index contributed by atoms with van der Waals surface area (Å²) >= 11 is 0. The Morgan fingerprint density at radius 2 is 1.74 bits per heavy atom. The molecule has 42 heavy (non-hydrogen) atoms. The fraction of sp³-hybridized carbons (Fsp3) is 0.743. The van der Waals surface area contributed by atoms with E-state index in [4.69, 9.17) is 23.7 Å². The summed E-state index contributed by atoms with van der Waals surface area (Å²) in [5.41, 5.74) is 1.25. The molecule has 7 heteroatoms. The monoisotopic (exact) mass is 584 g/mol. The number of esters is 1. The van der Waals surface area contributed by atoms with E-state index in [1.54, 1.807) is 7.11 Å². The second-order valence-electron chi connectivity index (χ2n) is 13.9. The van der Waals surface area contributed by atoms with Crippen LogP contribution in [0.15, 0.2) is 47.1 Å². The Balaban J connectivity index is 1.57. The average molecular weight is 585 g/mol. The fourth-order valence-corrected chi connectivity index (χ4v) is 7.92. The van der Waals surface area contributed by atoms with Crippen LogP contribution in [-0.2, 0) is 28.5 Å². The molecule has 0 aromatic rings. The highest BCUT2D eigenvalue weighted by atomic mass is 16.7. The normalized spacial score (nSPS) is 51.4. The zero-order valence-corrected chi connectivity index (χ0v) is 27.0. The molecule has 0 saturated carbocycles. The van der Waals surface area contributed by atoms with Gasteiger partial charge in [-0.15, -0.1) is 0 Å². The Hall–Kier alpha value is -1.77. The summed E-state index contributed by atoms with van der Waals surface area (Å²) in [4.78, 5) is 14.1. The molecule has 4 heterocycles. The summed E-state index contributed by atoms with van der Waals surface area (Å²) in [5, 5.41) is 12.3. The predicted octanol–water partition coefficient (Wildman–Crippen LogP) is 5.93. The molecule has 2 bridgehead atoms. The van der Waals surface area contributed by atoms with E-state index in [1.807, 2.05) is 25.2 Å². The molecule has 0 radical (unpaired) electrons. The maximum atomic E-state index is 14.1. The van der Waals surface area contributed by atoms with E-state index >= 15 is 0 Å². The van der Waals surface area contributed by atoms with Crippen LogP contribution in [0, 0.1) is 35.5 Å². The molecule has 0 aromatic carbocycles. The molecule has 5 aliphatic rings. The third kappa shape index (κ3) is 5.38. The molecule has 2 unspecified atom stereocenters. The van der Waals surface area contributed by atoms with Gasteiger partial charge < -0.3 is 28.8 Å². The minimum atomic E-state index is -1.57. The van der Waals surface area contributed by atoms with E-state index in [0.717, 1.165) is 12.0 Å². The van der Waals surface area contributed by atoms with Crippen molar-refractivity contribution < 1.29 is 33.6 Å². The lowest BCUT2D eigenvalue weighted by molar-refractivity contribution is -0.363. The van der Waals surface area contributed by atoms with Crippen molar-refractivity contribution in [3.8, 4) is 0 Å². The van der Waals surface area contributed by atoms with Gasteiger partial charge in [0, 0.05) is 25.9 Å². The zero-order valence-electron chi connectivity index (χ0n) is 27.0. The van der Waals surface area contributed by atoms with Crippen molar-refractivity contribution in [2.75, 3.05) is 13.7 Å². The van der Waals surface area contributed by atoms with Gasteiger partial charge in [0.15, 0.2) is 5.79 Å². The summed E-state index contributed by atoms with van der Waals surface area (Å²) < 4.78 is 31.9. The number of fused-ring (bicyclic) bond motifs is 2. The molecule has 1 N–H and O–H groups in total. The van der Waals surface area contributed by atoms with Crippen LogP contribution in [0.3, 0.4) is 0 Å². The number of aliphatic hydroxyl groups is 1. The largest absolute Gasteiger partial charge is 0.462 e. The highest BCUT2D eigenvalue weighted by Gasteiger charge is 2.61. The lowest BCUT2D eigenvalue weighted by atomic mass is 9.70. The van der Waals surface area contributed by atoms with Gasteiger partial charge in [0.1, 0.15) is 29.8 Å². The number of carbonyl (C=O) groups excluding carboxylic acids is 1. The van der Waals surface area contributed by atoms with Crippen LogP contribution in [0.25, 0.3) is 0 Å². The number of hydrogen-bond donors (Lipinski definition) is 1. The summed E-state index contributed by atoms with van der Waals surface area (Å²) in [5.74, 6) is -0.708. The summed E-state index contributed by atoms with van der Waals surface area (Å²) in [6.45, 7) is 17.6. The summed E-state index contributed by atoms with van der Waals surface area (Å²) in [6.07, 6.45) is 10.2. The predicted molar refractivity (Wildman–Crippen MR) is 161 cm³/mol. The number of hydrogen-bond acceptors (Lipinski definition) is 7. The molecule has 5 rings (SSSR count). The molecule has 1 spiro atoms. The Kier molecular flexibility index (Phi) is 9.01. The Labute approximate surface area is 252 Å². The first kappa shape index (κ1) is 31.6. The van der Waals surface area contributed by atoms with Crippen molar-refractivity contribution in [1.82, 2.24) is 0 Å². The van der Waals surface area contributed by atoms with Crippen LogP contribution in [0.5, 0.6) is 0 Å². The van der Waals surface area contributed by atoms with Crippen LogP contribution in [0.1, 0.15) is 74.7 Å². The molecule has 0 amide bonds. The van der Waals surface area contributed by atoms with Gasteiger partial charge in [-0.05, 0) is 62.0 Å². The van der Waals surface area contributed by atoms with Crippen molar-refractivity contribution in [2.24, 2.45) is 35.5 Å². The van der Waals surface area contributed by atoms with Crippen molar-refractivity contribution in [3.63, 3.8) is 0 Å². The lowest BCUT2D eigenvalue weighted by Crippen LogP contribution is -2.61. The molecule has 13 atom stereocenters. The summed E-state index contributed by atoms with van der Waals surface area (Å²) in [6, 6.07) is 0. The molecule has 4 aliphatic heterocycles. The lowest BCUT2D eigenvalue weighted by Gasteiger charge is -2.55. The van der Waals surface area contributed by atoms with Crippen LogP contribution in [0.2, 0.25) is 0 Å². The quantitative estimate of drug-likeness (QED) is 0.302. The highest BCUT2D eigenvalue weighted by molar-refractivity contribution is 5.78. The summed E-state index contributed by atoms with van der Waals surface area (Å²) in [7, 11) is 1.61. The molecule has 3 saturated heterocycles. The number of rotatable bonds is 1. The van der Waals surface area contributed by atoms with Crippen LogP contribution in [-0.4, -0.2) is 66.7 Å². The van der Waals surface area contributed by atoms with Gasteiger partial charge in [-0.25, -0.2) is 0 Å². The topological polar surface area (TPSA) is 83.5 Å². The first-order valence-electron chi connectivity index (χ1n) is 16.0. The number of methoxy groups -OCH3 is 1. The molecular weight excluding hydrogens is 532 g/mol. The first-order chi connectivity index (χ1) is 19.8. The van der Waals surface area contributed by atoms with Crippen LogP contribution in [0.4, 0.5) is 0 Å². The maximum Gasteiger partial charge on any atom is 0.316 e. The maximum absolute atomic E-state index is 14.1. The molecule has 0 aromatic heterocycles. The van der Waals surface area contributed by atoms with Gasteiger partial charge >= 0.3 is 5.97 Å². The minimum absolute atomic E-state index is 0.0220. The van der Waals surface area contributed by atoms with Gasteiger partial charge in [-0.3, -0.25) is 4.79 Å². The Morgan fingerprint density at radius 3 is 2.45 bits per heavy atom. The Morgan fingerprint density at radius 1 is 1.00 bits per heavy atom. The fourth-order valence-electron chi connectivity index (χ4n) is 7.92. The van der Waals surface area contributed by atoms with E-state index in [2.05, 4.69) is 60.6 Å². The number of ether oxygens (including phenoxy) is 5. The number of carbonyl (C=O) groups is 1. The van der Waals surface area contributed by atoms with Gasteiger partial charge in [0.05, 0.1) is 18.8 Å². The zero-order chi connectivity index (χ0) is 30.6. The minimum Gasteiger partial charge on any atom is -0.462 e.